The Morgan fingerprint density at radius 2 is 2.18 bits per heavy atom. The lowest BCUT2D eigenvalue weighted by Gasteiger charge is -2.19. The molecule has 0 aliphatic heterocycles. The van der Waals surface area contributed by atoms with Gasteiger partial charge in [0.15, 0.2) is 5.78 Å². The smallest absolute Gasteiger partial charge is 0.169 e. The van der Waals surface area contributed by atoms with E-state index in [1.807, 2.05) is 24.3 Å². The van der Waals surface area contributed by atoms with Crippen LogP contribution in [0.1, 0.15) is 58.6 Å². The third-order valence-corrected chi connectivity index (χ3v) is 7.57. The average molecular weight is 367 g/mol. The van der Waals surface area contributed by atoms with Gasteiger partial charge in [0.05, 0.1) is 29.0 Å². The van der Waals surface area contributed by atoms with Crippen molar-refractivity contribution in [3.05, 3.63) is 65.0 Å². The molecule has 3 aliphatic carbocycles. The normalized spacial score (nSPS) is 30.0. The van der Waals surface area contributed by atoms with Crippen LogP contribution < -0.4 is 0 Å². The summed E-state index contributed by atoms with van der Waals surface area (Å²) in [6.07, 6.45) is 6.98. The molecule has 2 unspecified atom stereocenters. The number of carbonyl (C=O) groups excluding carboxylic acids is 1. The lowest BCUT2D eigenvalue weighted by Crippen LogP contribution is -2.21. The molecule has 1 aromatic heterocycles. The molecule has 28 heavy (non-hydrogen) atoms. The Morgan fingerprint density at radius 1 is 1.25 bits per heavy atom. The van der Waals surface area contributed by atoms with E-state index in [0.717, 1.165) is 54.3 Å². The Hall–Kier alpha value is -2.93. The number of ketones is 1. The topological polar surface area (TPSA) is 69.5 Å². The molecule has 6 rings (SSSR count). The van der Waals surface area contributed by atoms with Gasteiger partial charge in [0.25, 0.3) is 0 Å². The van der Waals surface area contributed by atoms with Crippen molar-refractivity contribution in [1.82, 2.24) is 9.97 Å². The van der Waals surface area contributed by atoms with Crippen LogP contribution in [0.5, 0.6) is 0 Å². The predicted octanol–water partition coefficient (Wildman–Crippen LogP) is 4.76. The third-order valence-electron chi connectivity index (χ3n) is 7.57. The highest BCUT2D eigenvalue weighted by atomic mass is 16.1. The molecule has 2 aromatic carbocycles. The van der Waals surface area contributed by atoms with Gasteiger partial charge in [0.1, 0.15) is 0 Å². The van der Waals surface area contributed by atoms with Gasteiger partial charge in [-0.2, -0.15) is 5.26 Å². The fourth-order valence-corrected chi connectivity index (χ4v) is 6.17. The first-order valence-electron chi connectivity index (χ1n) is 10.2. The Morgan fingerprint density at radius 3 is 3.07 bits per heavy atom. The van der Waals surface area contributed by atoms with Gasteiger partial charge in [-0.05, 0) is 84.9 Å². The summed E-state index contributed by atoms with van der Waals surface area (Å²) in [6, 6.07) is 14.3. The Labute approximate surface area is 163 Å². The monoisotopic (exact) mass is 367 g/mol. The molecular weight excluding hydrogens is 346 g/mol. The van der Waals surface area contributed by atoms with Gasteiger partial charge in [-0.15, -0.1) is 0 Å². The minimum atomic E-state index is -0.173. The van der Waals surface area contributed by atoms with Crippen LogP contribution in [0.15, 0.2) is 42.7 Å². The molecule has 0 spiro atoms. The van der Waals surface area contributed by atoms with Gasteiger partial charge in [0, 0.05) is 11.0 Å². The van der Waals surface area contributed by atoms with Crippen LogP contribution in [0.4, 0.5) is 0 Å². The van der Waals surface area contributed by atoms with E-state index >= 15 is 0 Å². The number of imidazole rings is 1. The van der Waals surface area contributed by atoms with Crippen LogP contribution in [-0.2, 0) is 6.42 Å². The molecule has 3 aliphatic rings. The number of rotatable bonds is 2. The van der Waals surface area contributed by atoms with Gasteiger partial charge >= 0.3 is 0 Å². The number of nitriles is 1. The van der Waals surface area contributed by atoms with E-state index in [9.17, 15) is 10.1 Å². The molecule has 4 heteroatoms. The molecule has 0 saturated heterocycles. The lowest BCUT2D eigenvalue weighted by molar-refractivity contribution is 0.0872. The predicted molar refractivity (Wildman–Crippen MR) is 106 cm³/mol. The highest BCUT2D eigenvalue weighted by Gasteiger charge is 2.64. The first kappa shape index (κ1) is 16.1. The number of hydrogen-bond donors (Lipinski definition) is 1. The summed E-state index contributed by atoms with van der Waals surface area (Å²) in [6.45, 7) is 0. The fraction of sp³-hybridized carbons (Fsp3) is 0.375. The number of nitrogens with zero attached hydrogens (tertiary/aromatic N) is 2. The fourth-order valence-electron chi connectivity index (χ4n) is 6.17. The minimum absolute atomic E-state index is 0.173. The van der Waals surface area contributed by atoms with Crippen molar-refractivity contribution in [3.63, 3.8) is 0 Å². The SMILES string of the molecule is N#Cc1ccc2c(c1)[C@H]1CCCC3(C(=O)c4ccc5nc[nH]c5c4)CC3[C@H]1C2. The van der Waals surface area contributed by atoms with E-state index in [2.05, 4.69) is 28.2 Å². The molecule has 0 radical (unpaired) electrons. The van der Waals surface area contributed by atoms with Gasteiger partial charge in [0.2, 0.25) is 0 Å². The van der Waals surface area contributed by atoms with Crippen LogP contribution in [0.2, 0.25) is 0 Å². The van der Waals surface area contributed by atoms with E-state index in [-0.39, 0.29) is 5.41 Å². The van der Waals surface area contributed by atoms with Gasteiger partial charge < -0.3 is 4.98 Å². The molecule has 4 nitrogen and oxygen atoms in total. The zero-order valence-electron chi connectivity index (χ0n) is 15.6. The molecule has 138 valence electrons. The number of aromatic amines is 1. The highest BCUT2D eigenvalue weighted by Crippen LogP contribution is 2.68. The maximum absolute atomic E-state index is 13.6. The number of fused-ring (bicyclic) bond motifs is 6. The number of Topliss-reactive ketones (excluding diaryl/α,β-unsaturated/α-hetero) is 1. The van der Waals surface area contributed by atoms with Gasteiger partial charge in [-0.3, -0.25) is 4.79 Å². The lowest BCUT2D eigenvalue weighted by atomic mass is 9.83. The van der Waals surface area contributed by atoms with Gasteiger partial charge in [-0.25, -0.2) is 4.98 Å². The number of benzene rings is 2. The van der Waals surface area contributed by atoms with Crippen molar-refractivity contribution in [2.45, 2.75) is 38.0 Å². The van der Waals surface area contributed by atoms with E-state index in [4.69, 9.17) is 0 Å². The second-order valence-corrected chi connectivity index (χ2v) is 8.82. The number of hydrogen-bond acceptors (Lipinski definition) is 3. The van der Waals surface area contributed by atoms with Crippen molar-refractivity contribution < 1.29 is 4.79 Å². The summed E-state index contributed by atoms with van der Waals surface area (Å²) in [5, 5.41) is 9.28. The standard InChI is InChI=1S/C24H21N3O/c25-12-14-3-4-15-9-19-17(18(15)8-14)2-1-7-24(11-20(19)24)23(28)16-5-6-21-22(10-16)27-13-26-21/h3-6,8,10,13,17,19-20H,1-2,7,9,11H2,(H,26,27)/t17-,19+,20?,24?/m1/s1. The summed E-state index contributed by atoms with van der Waals surface area (Å²) in [5.41, 5.74) is 6.01. The molecule has 0 bridgehead atoms. The molecule has 1 N–H and O–H groups in total. The van der Waals surface area contributed by atoms with Crippen molar-refractivity contribution in [2.24, 2.45) is 17.3 Å². The maximum Gasteiger partial charge on any atom is 0.169 e. The average Bonchev–Trinajstić information content (AvgIpc) is 3.12. The zero-order chi connectivity index (χ0) is 18.9. The molecular formula is C24H21N3O. The quantitative estimate of drug-likeness (QED) is 0.664. The van der Waals surface area contributed by atoms with E-state index < -0.39 is 0 Å². The molecule has 0 amide bonds. The van der Waals surface area contributed by atoms with E-state index in [1.165, 1.54) is 11.1 Å². The Bertz CT molecular complexity index is 1170. The number of carbonyl (C=O) groups is 1. The number of H-pyrrole nitrogens is 1. The van der Waals surface area contributed by atoms with Crippen LogP contribution in [0, 0.1) is 28.6 Å². The molecule has 1 heterocycles. The van der Waals surface area contributed by atoms with Crippen LogP contribution in [0.3, 0.4) is 0 Å². The zero-order valence-corrected chi connectivity index (χ0v) is 15.6. The number of aromatic nitrogens is 2. The van der Waals surface area contributed by atoms with Crippen molar-refractivity contribution in [3.8, 4) is 6.07 Å². The first-order chi connectivity index (χ1) is 13.7. The van der Waals surface area contributed by atoms with Crippen LogP contribution in [0.25, 0.3) is 11.0 Å². The van der Waals surface area contributed by atoms with E-state index in [0.29, 0.717) is 23.5 Å². The van der Waals surface area contributed by atoms with Gasteiger partial charge in [-0.1, -0.05) is 12.5 Å². The molecule has 3 aromatic rings. The second-order valence-electron chi connectivity index (χ2n) is 8.82. The first-order valence-corrected chi connectivity index (χ1v) is 10.2. The molecule has 2 saturated carbocycles. The Balaban J connectivity index is 1.34. The highest BCUT2D eigenvalue weighted by molar-refractivity contribution is 6.04. The Kier molecular flexibility index (Phi) is 3.18. The number of nitrogens with one attached hydrogen (secondary N) is 1. The molecule has 4 atom stereocenters. The van der Waals surface area contributed by atoms with Crippen LogP contribution in [-0.4, -0.2) is 15.8 Å². The maximum atomic E-state index is 13.6. The summed E-state index contributed by atoms with van der Waals surface area (Å²) in [5.74, 6) is 1.86. The summed E-state index contributed by atoms with van der Waals surface area (Å²) < 4.78 is 0. The van der Waals surface area contributed by atoms with Crippen LogP contribution >= 0.6 is 0 Å². The minimum Gasteiger partial charge on any atom is -0.345 e. The summed E-state index contributed by atoms with van der Waals surface area (Å²) >= 11 is 0. The van der Waals surface area contributed by atoms with Crippen molar-refractivity contribution >= 4 is 16.8 Å². The molecule has 2 fully saturated rings. The summed E-state index contributed by atoms with van der Waals surface area (Å²) in [4.78, 5) is 21.0. The van der Waals surface area contributed by atoms with Crippen molar-refractivity contribution in [2.75, 3.05) is 0 Å². The second kappa shape index (κ2) is 5.54. The largest absolute Gasteiger partial charge is 0.345 e. The third kappa shape index (κ3) is 2.10. The van der Waals surface area contributed by atoms with E-state index in [1.54, 1.807) is 6.33 Å². The summed E-state index contributed by atoms with van der Waals surface area (Å²) in [7, 11) is 0. The van der Waals surface area contributed by atoms with Crippen molar-refractivity contribution in [1.29, 1.82) is 5.26 Å².